The lowest BCUT2D eigenvalue weighted by atomic mass is 10.0. The van der Waals surface area contributed by atoms with E-state index in [1.165, 1.54) is 42.0 Å². The Kier molecular flexibility index (Phi) is 10.7. The predicted octanol–water partition coefficient (Wildman–Crippen LogP) is 6.62. The van der Waals surface area contributed by atoms with E-state index >= 15 is 0 Å². The molecule has 8 rings (SSSR count). The second kappa shape index (κ2) is 15.9. The molecule has 2 unspecified atom stereocenters. The summed E-state index contributed by atoms with van der Waals surface area (Å²) in [7, 11) is 4.71. The van der Waals surface area contributed by atoms with Gasteiger partial charge in [-0.15, -0.1) is 0 Å². The fourth-order valence-corrected chi connectivity index (χ4v) is 9.23. The molecule has 4 amide bonds. The van der Waals surface area contributed by atoms with Gasteiger partial charge in [0, 0.05) is 48.6 Å². The van der Waals surface area contributed by atoms with Gasteiger partial charge < -0.3 is 44.4 Å². The molecular weight excluding hydrogens is 751 g/mol. The Morgan fingerprint density at radius 1 is 0.746 bits per heavy atom. The number of hydrogen-bond donors (Lipinski definition) is 4. The zero-order valence-electron chi connectivity index (χ0n) is 34.7. The first-order valence-corrected chi connectivity index (χ1v) is 20.5. The molecule has 0 saturated carbocycles. The molecule has 2 fully saturated rings. The maximum Gasteiger partial charge on any atom is 0.407 e. The van der Waals surface area contributed by atoms with Gasteiger partial charge in [-0.2, -0.15) is 0 Å². The minimum atomic E-state index is -0.695. The number of likely N-dealkylation sites (tertiary alicyclic amines) is 2. The highest BCUT2D eigenvalue weighted by Gasteiger charge is 2.39. The number of hydrogen-bond acceptors (Lipinski definition) is 8. The molecule has 4 atom stereocenters. The van der Waals surface area contributed by atoms with Crippen LogP contribution in [0.3, 0.4) is 0 Å². The number of imidazole rings is 2. The lowest BCUT2D eigenvalue weighted by molar-refractivity contribution is -0.136. The van der Waals surface area contributed by atoms with Crippen LogP contribution >= 0.6 is 0 Å². The van der Waals surface area contributed by atoms with Gasteiger partial charge in [0.15, 0.2) is 0 Å². The molecule has 59 heavy (non-hydrogen) atoms. The van der Waals surface area contributed by atoms with Crippen LogP contribution in [0.5, 0.6) is 0 Å². The molecule has 0 bridgehead atoms. The summed E-state index contributed by atoms with van der Waals surface area (Å²) in [6.07, 6.45) is 6.47. The molecule has 5 heterocycles. The van der Waals surface area contributed by atoms with E-state index < -0.39 is 24.3 Å². The van der Waals surface area contributed by atoms with Crippen molar-refractivity contribution in [2.45, 2.75) is 84.0 Å². The predicted molar refractivity (Wildman–Crippen MR) is 222 cm³/mol. The number of rotatable bonds is 10. The number of aromatic amines is 2. The zero-order valence-corrected chi connectivity index (χ0v) is 34.7. The van der Waals surface area contributed by atoms with Crippen LogP contribution in [0.1, 0.15) is 88.2 Å². The van der Waals surface area contributed by atoms with E-state index in [1.54, 1.807) is 0 Å². The van der Waals surface area contributed by atoms with E-state index in [9.17, 15) is 19.2 Å². The van der Waals surface area contributed by atoms with Crippen molar-refractivity contribution < 1.29 is 28.7 Å². The Labute approximate surface area is 343 Å². The lowest BCUT2D eigenvalue weighted by Crippen LogP contribution is -2.51. The third-order valence-electron chi connectivity index (χ3n) is 12.3. The number of nitrogens with zero attached hydrogens (tertiary/aromatic N) is 5. The standard InChI is InChI=1S/C44H53N9O6/c1-23(2)36(49-43(56)58-6)41(54)52-16-8-10-34(52)39-45-21-31(47-39)25-12-14-28-27(18-25)20-30-29-19-26(13-15-33(29)51(5)38(28)30)32-22-46-40(48-32)35-11-9-17-53(35)42(55)37(24(3)4)50-44(57)59-7/h12-15,18-19,21-24,34-37H,8-11,16-17,20H2,1-7H3,(H,45,47)(H,46,48)(H,49,56)(H,50,57)/t34-,35-,36?,37?/m0/s1. The summed E-state index contributed by atoms with van der Waals surface area (Å²) in [6.45, 7) is 8.82. The number of carbonyl (C=O) groups excluding carboxylic acids is 4. The Balaban J connectivity index is 1.01. The van der Waals surface area contributed by atoms with Gasteiger partial charge in [0.25, 0.3) is 0 Å². The maximum absolute atomic E-state index is 13.7. The molecule has 2 aliphatic heterocycles. The van der Waals surface area contributed by atoms with Crippen molar-refractivity contribution in [3.63, 3.8) is 0 Å². The Morgan fingerprint density at radius 3 is 1.76 bits per heavy atom. The van der Waals surface area contributed by atoms with Crippen molar-refractivity contribution in [2.24, 2.45) is 18.9 Å². The van der Waals surface area contributed by atoms with Crippen LogP contribution in [0.4, 0.5) is 9.59 Å². The first-order valence-electron chi connectivity index (χ1n) is 20.5. The minimum Gasteiger partial charge on any atom is -0.453 e. The zero-order chi connectivity index (χ0) is 41.7. The number of benzene rings is 2. The molecule has 5 aromatic rings. The van der Waals surface area contributed by atoms with Gasteiger partial charge in [0.2, 0.25) is 11.8 Å². The number of ether oxygens (including phenoxy) is 2. The summed E-state index contributed by atoms with van der Waals surface area (Å²) in [5.41, 5.74) is 9.84. The molecule has 3 aromatic heterocycles. The van der Waals surface area contributed by atoms with Crippen molar-refractivity contribution >= 4 is 34.9 Å². The van der Waals surface area contributed by atoms with Crippen LogP contribution in [0.2, 0.25) is 0 Å². The molecule has 0 spiro atoms. The fraction of sp³-hybridized carbons (Fsp3) is 0.455. The molecule has 15 nitrogen and oxygen atoms in total. The highest BCUT2D eigenvalue weighted by Crippen LogP contribution is 2.45. The van der Waals surface area contributed by atoms with Gasteiger partial charge in [-0.25, -0.2) is 19.6 Å². The average Bonchev–Trinajstić information content (AvgIpc) is 4.09. The molecule has 0 radical (unpaired) electrons. The number of amides is 4. The van der Waals surface area contributed by atoms with Crippen molar-refractivity contribution in [3.05, 3.63) is 71.6 Å². The van der Waals surface area contributed by atoms with E-state index in [1.807, 2.05) is 49.9 Å². The van der Waals surface area contributed by atoms with E-state index in [0.717, 1.165) is 71.8 Å². The molecule has 1 aliphatic carbocycles. The number of alkyl carbamates (subject to hydrolysis) is 2. The Morgan fingerprint density at radius 2 is 1.25 bits per heavy atom. The number of carbonyl (C=O) groups is 4. The molecular formula is C44H53N9O6. The number of aryl methyl sites for hydroxylation is 1. The summed E-state index contributed by atoms with van der Waals surface area (Å²) >= 11 is 0. The first-order chi connectivity index (χ1) is 28.4. The first kappa shape index (κ1) is 39.7. The van der Waals surface area contributed by atoms with Gasteiger partial charge in [0.1, 0.15) is 23.7 Å². The summed E-state index contributed by atoms with van der Waals surface area (Å²) in [5, 5.41) is 6.61. The quantitative estimate of drug-likeness (QED) is 0.119. The maximum atomic E-state index is 13.7. The second-order valence-corrected chi connectivity index (χ2v) is 16.6. The summed E-state index contributed by atoms with van der Waals surface area (Å²) in [4.78, 5) is 71.7. The largest absolute Gasteiger partial charge is 0.453 e. The van der Waals surface area contributed by atoms with Gasteiger partial charge in [0.05, 0.1) is 55.8 Å². The van der Waals surface area contributed by atoms with Crippen molar-refractivity contribution in [2.75, 3.05) is 27.3 Å². The highest BCUT2D eigenvalue weighted by atomic mass is 16.5. The van der Waals surface area contributed by atoms with Crippen LogP contribution in [0.15, 0.2) is 48.8 Å². The number of H-pyrrole nitrogens is 2. The summed E-state index contributed by atoms with van der Waals surface area (Å²) in [5.74, 6) is 0.971. The summed E-state index contributed by atoms with van der Waals surface area (Å²) < 4.78 is 11.8. The number of fused-ring (bicyclic) bond motifs is 5. The highest BCUT2D eigenvalue weighted by molar-refractivity contribution is 5.98. The molecule has 15 heteroatoms. The Bertz CT molecular complexity index is 2430. The van der Waals surface area contributed by atoms with Gasteiger partial charge in [-0.05, 0) is 72.4 Å². The number of methoxy groups -OCH3 is 2. The van der Waals surface area contributed by atoms with Crippen molar-refractivity contribution in [1.82, 2.24) is 44.9 Å². The van der Waals surface area contributed by atoms with Gasteiger partial charge >= 0.3 is 12.2 Å². The van der Waals surface area contributed by atoms with Gasteiger partial charge in [-0.3, -0.25) is 9.59 Å². The second-order valence-electron chi connectivity index (χ2n) is 16.6. The van der Waals surface area contributed by atoms with Crippen LogP contribution in [0.25, 0.3) is 44.7 Å². The summed E-state index contributed by atoms with van der Waals surface area (Å²) in [6, 6.07) is 11.2. The third-order valence-corrected chi connectivity index (χ3v) is 12.3. The van der Waals surface area contributed by atoms with Crippen LogP contribution in [-0.2, 0) is 32.5 Å². The van der Waals surface area contributed by atoms with Crippen LogP contribution in [-0.4, -0.2) is 97.7 Å². The molecule has 310 valence electrons. The Hall–Kier alpha value is -6.12. The molecule has 4 N–H and O–H groups in total. The number of aromatic nitrogens is 5. The van der Waals surface area contributed by atoms with E-state index in [2.05, 4.69) is 68.6 Å². The van der Waals surface area contributed by atoms with E-state index in [0.29, 0.717) is 13.1 Å². The monoisotopic (exact) mass is 803 g/mol. The molecule has 2 aromatic carbocycles. The SMILES string of the molecule is COC(=O)NC(C(=O)N1CCC[C@H]1c1ncc(-c2ccc3c(c2)Cc2c-3n(C)c3ccc(-c4cnc([C@@H]5CCCN5C(=O)C(NC(=O)OC)C(C)C)[nH]4)cc23)[nH]1)C(C)C. The minimum absolute atomic E-state index is 0.109. The lowest BCUT2D eigenvalue weighted by Gasteiger charge is -2.30. The van der Waals surface area contributed by atoms with Gasteiger partial charge in [-0.1, -0.05) is 45.9 Å². The average molecular weight is 804 g/mol. The van der Waals surface area contributed by atoms with Crippen LogP contribution < -0.4 is 10.6 Å². The normalized spacial score (nSPS) is 18.3. The van der Waals surface area contributed by atoms with E-state index in [-0.39, 0.29) is 35.7 Å². The third kappa shape index (κ3) is 7.20. The van der Waals surface area contributed by atoms with Crippen LogP contribution in [0, 0.1) is 11.8 Å². The number of nitrogens with one attached hydrogen (secondary N) is 4. The topological polar surface area (TPSA) is 180 Å². The molecule has 2 saturated heterocycles. The van der Waals surface area contributed by atoms with Crippen molar-refractivity contribution in [3.8, 4) is 33.8 Å². The molecule has 3 aliphatic rings. The van der Waals surface area contributed by atoms with Crippen molar-refractivity contribution in [1.29, 1.82) is 0 Å². The fourth-order valence-electron chi connectivity index (χ4n) is 9.23. The smallest absolute Gasteiger partial charge is 0.407 e. The van der Waals surface area contributed by atoms with E-state index in [4.69, 9.17) is 19.4 Å².